The lowest BCUT2D eigenvalue weighted by Gasteiger charge is -2.26. The van der Waals surface area contributed by atoms with Crippen molar-refractivity contribution in [2.24, 2.45) is 0 Å². The molecule has 1 saturated heterocycles. The van der Waals surface area contributed by atoms with Crippen LogP contribution in [0.5, 0.6) is 0 Å². The van der Waals surface area contributed by atoms with E-state index in [2.05, 4.69) is 27.0 Å². The maximum absolute atomic E-state index is 13.2. The van der Waals surface area contributed by atoms with E-state index in [9.17, 15) is 9.59 Å². The fourth-order valence-corrected chi connectivity index (χ4v) is 4.09. The number of rotatable bonds is 5. The summed E-state index contributed by atoms with van der Waals surface area (Å²) in [7, 11) is 2.00. The van der Waals surface area contributed by atoms with Gasteiger partial charge >= 0.3 is 0 Å². The zero-order valence-electron chi connectivity index (χ0n) is 15.5. The van der Waals surface area contributed by atoms with Crippen molar-refractivity contribution in [3.63, 3.8) is 0 Å². The molecule has 0 radical (unpaired) electrons. The number of carbonyl (C=O) groups is 1. The van der Waals surface area contributed by atoms with Crippen LogP contribution in [0.4, 0.5) is 5.95 Å². The Kier molecular flexibility index (Phi) is 4.47. The van der Waals surface area contributed by atoms with E-state index in [0.717, 1.165) is 31.4 Å². The average Bonchev–Trinajstić information content (AvgIpc) is 3.30. The van der Waals surface area contributed by atoms with Crippen molar-refractivity contribution in [2.45, 2.75) is 37.3 Å². The summed E-state index contributed by atoms with van der Waals surface area (Å²) in [6.07, 6.45) is 2.79. The number of benzene rings is 1. The van der Waals surface area contributed by atoms with Gasteiger partial charge in [0.2, 0.25) is 11.9 Å². The van der Waals surface area contributed by atoms with Crippen LogP contribution in [0.2, 0.25) is 0 Å². The Morgan fingerprint density at radius 3 is 2.78 bits per heavy atom. The molecule has 142 valence electrons. The highest BCUT2D eigenvalue weighted by Gasteiger charge is 2.53. The number of nitrogen functional groups attached to an aromatic ring is 1. The van der Waals surface area contributed by atoms with Gasteiger partial charge in [0.25, 0.3) is 5.56 Å². The highest BCUT2D eigenvalue weighted by atomic mass is 16.2. The first-order valence-corrected chi connectivity index (χ1v) is 9.39. The number of aromatic nitrogens is 2. The van der Waals surface area contributed by atoms with Crippen molar-refractivity contribution in [1.29, 1.82) is 0 Å². The Labute approximate surface area is 158 Å². The molecule has 4 rings (SSSR count). The Balaban J connectivity index is 1.41. The highest BCUT2D eigenvalue weighted by molar-refractivity contribution is 5.91. The number of anilines is 1. The number of hydrogen-bond donors (Lipinski definition) is 2. The average molecular weight is 367 g/mol. The van der Waals surface area contributed by atoms with Crippen LogP contribution in [0.25, 0.3) is 0 Å². The molecule has 0 bridgehead atoms. The van der Waals surface area contributed by atoms with Crippen LogP contribution in [-0.2, 0) is 16.8 Å². The standard InChI is InChI=1S/C20H25N5O2/c1-24(12-15-11-17(26)23-19(21)22-15)16-7-10-25(13-16)18(27)20(8-9-20)14-5-3-2-4-6-14/h2-6,11,16H,7-10,12-13H2,1H3,(H3,21,22,23,26)/t16-/m1/s1. The molecule has 1 amide bonds. The third-order valence-corrected chi connectivity index (χ3v) is 5.78. The summed E-state index contributed by atoms with van der Waals surface area (Å²) in [6.45, 7) is 2.01. The van der Waals surface area contributed by atoms with Crippen LogP contribution >= 0.6 is 0 Å². The van der Waals surface area contributed by atoms with Gasteiger partial charge in [0.05, 0.1) is 11.1 Å². The zero-order valence-corrected chi connectivity index (χ0v) is 15.5. The van der Waals surface area contributed by atoms with Crippen LogP contribution in [0.3, 0.4) is 0 Å². The lowest BCUT2D eigenvalue weighted by atomic mass is 9.94. The number of nitrogens with two attached hydrogens (primary N) is 1. The summed E-state index contributed by atoms with van der Waals surface area (Å²) in [4.78, 5) is 35.5. The molecule has 1 aromatic heterocycles. The van der Waals surface area contributed by atoms with Crippen LogP contribution in [0.1, 0.15) is 30.5 Å². The summed E-state index contributed by atoms with van der Waals surface area (Å²) in [5, 5.41) is 0. The number of hydrogen-bond acceptors (Lipinski definition) is 5. The second kappa shape index (κ2) is 6.81. The SMILES string of the molecule is CN(Cc1cc(=O)[nH]c(N)n1)[C@@H]1CCN(C(=O)C2(c3ccccc3)CC2)C1. The molecule has 1 aliphatic carbocycles. The molecule has 2 fully saturated rings. The number of likely N-dealkylation sites (N-methyl/N-ethyl adjacent to an activating group) is 1. The first kappa shape index (κ1) is 17.7. The highest BCUT2D eigenvalue weighted by Crippen LogP contribution is 2.50. The van der Waals surface area contributed by atoms with Gasteiger partial charge in [0.1, 0.15) is 0 Å². The van der Waals surface area contributed by atoms with E-state index in [-0.39, 0.29) is 28.9 Å². The Hall–Kier alpha value is -2.67. The van der Waals surface area contributed by atoms with E-state index in [1.165, 1.54) is 6.07 Å². The van der Waals surface area contributed by atoms with Crippen LogP contribution < -0.4 is 11.3 Å². The fraction of sp³-hybridized carbons (Fsp3) is 0.450. The summed E-state index contributed by atoms with van der Waals surface area (Å²) in [5.41, 5.74) is 6.85. The third-order valence-electron chi connectivity index (χ3n) is 5.78. The van der Waals surface area contributed by atoms with E-state index >= 15 is 0 Å². The molecule has 2 heterocycles. The minimum atomic E-state index is -0.308. The number of likely N-dealkylation sites (tertiary alicyclic amines) is 1. The largest absolute Gasteiger partial charge is 0.369 e. The molecule has 1 aliphatic heterocycles. The normalized spacial score (nSPS) is 20.8. The quantitative estimate of drug-likeness (QED) is 0.826. The molecule has 0 unspecified atom stereocenters. The maximum atomic E-state index is 13.2. The van der Waals surface area contributed by atoms with Crippen LogP contribution in [0, 0.1) is 0 Å². The molecular formula is C20H25N5O2. The molecule has 0 spiro atoms. The van der Waals surface area contributed by atoms with Crippen molar-refractivity contribution in [3.8, 4) is 0 Å². The van der Waals surface area contributed by atoms with Gasteiger partial charge in [-0.2, -0.15) is 0 Å². The Morgan fingerprint density at radius 1 is 1.37 bits per heavy atom. The summed E-state index contributed by atoms with van der Waals surface area (Å²) >= 11 is 0. The van der Waals surface area contributed by atoms with Crippen molar-refractivity contribution in [1.82, 2.24) is 19.8 Å². The lowest BCUT2D eigenvalue weighted by Crippen LogP contribution is -2.40. The smallest absolute Gasteiger partial charge is 0.252 e. The predicted molar refractivity (Wildman–Crippen MR) is 103 cm³/mol. The summed E-state index contributed by atoms with van der Waals surface area (Å²) in [5.74, 6) is 0.385. The van der Waals surface area contributed by atoms with Gasteiger partial charge in [-0.25, -0.2) is 4.98 Å². The third kappa shape index (κ3) is 3.47. The van der Waals surface area contributed by atoms with Crippen molar-refractivity contribution < 1.29 is 4.79 Å². The van der Waals surface area contributed by atoms with Crippen molar-refractivity contribution in [2.75, 3.05) is 25.9 Å². The Bertz CT molecular complexity index is 891. The van der Waals surface area contributed by atoms with Crippen LogP contribution in [-0.4, -0.2) is 51.9 Å². The number of amides is 1. The van der Waals surface area contributed by atoms with E-state index in [4.69, 9.17) is 5.73 Å². The molecule has 27 heavy (non-hydrogen) atoms. The van der Waals surface area contributed by atoms with Gasteiger partial charge in [-0.15, -0.1) is 0 Å². The fourth-order valence-electron chi connectivity index (χ4n) is 4.09. The van der Waals surface area contributed by atoms with Crippen LogP contribution in [0.15, 0.2) is 41.2 Å². The van der Waals surface area contributed by atoms with Crippen molar-refractivity contribution >= 4 is 11.9 Å². The minimum absolute atomic E-state index is 0.132. The molecule has 1 atom stereocenters. The monoisotopic (exact) mass is 367 g/mol. The maximum Gasteiger partial charge on any atom is 0.252 e. The van der Waals surface area contributed by atoms with E-state index < -0.39 is 0 Å². The first-order valence-electron chi connectivity index (χ1n) is 9.39. The van der Waals surface area contributed by atoms with Crippen molar-refractivity contribution in [3.05, 3.63) is 58.0 Å². The van der Waals surface area contributed by atoms with E-state index in [1.54, 1.807) is 0 Å². The number of nitrogens with one attached hydrogen (secondary N) is 1. The topological polar surface area (TPSA) is 95.3 Å². The van der Waals surface area contributed by atoms with Gasteiger partial charge < -0.3 is 10.6 Å². The molecule has 2 aromatic rings. The number of aromatic amines is 1. The molecule has 1 aromatic carbocycles. The second-order valence-electron chi connectivity index (χ2n) is 7.68. The number of H-pyrrole nitrogens is 1. The summed E-state index contributed by atoms with van der Waals surface area (Å²) in [6, 6.07) is 11.8. The lowest BCUT2D eigenvalue weighted by molar-refractivity contribution is -0.133. The second-order valence-corrected chi connectivity index (χ2v) is 7.68. The number of nitrogens with zero attached hydrogens (tertiary/aromatic N) is 3. The van der Waals surface area contributed by atoms with Gasteiger partial charge in [0.15, 0.2) is 0 Å². The predicted octanol–water partition coefficient (Wildman–Crippen LogP) is 1.12. The van der Waals surface area contributed by atoms with E-state index in [1.807, 2.05) is 30.1 Å². The zero-order chi connectivity index (χ0) is 19.0. The number of carbonyl (C=O) groups excluding carboxylic acids is 1. The molecule has 2 aliphatic rings. The molecule has 7 nitrogen and oxygen atoms in total. The minimum Gasteiger partial charge on any atom is -0.369 e. The Morgan fingerprint density at radius 2 is 2.11 bits per heavy atom. The van der Waals surface area contributed by atoms with E-state index in [0.29, 0.717) is 18.8 Å². The molecule has 3 N–H and O–H groups in total. The van der Waals surface area contributed by atoms with Gasteiger partial charge in [-0.3, -0.25) is 19.5 Å². The molecule has 7 heteroatoms. The molecule has 1 saturated carbocycles. The van der Waals surface area contributed by atoms with Gasteiger partial charge in [-0.1, -0.05) is 30.3 Å². The first-order chi connectivity index (χ1) is 13.0. The summed E-state index contributed by atoms with van der Waals surface area (Å²) < 4.78 is 0. The van der Waals surface area contributed by atoms with Gasteiger partial charge in [-0.05, 0) is 31.9 Å². The van der Waals surface area contributed by atoms with Gasteiger partial charge in [0, 0.05) is 31.7 Å². The molecular weight excluding hydrogens is 342 g/mol.